The van der Waals surface area contributed by atoms with Crippen molar-refractivity contribution in [2.24, 2.45) is 5.92 Å². The lowest BCUT2D eigenvalue weighted by Gasteiger charge is -2.49. The quantitative estimate of drug-likeness (QED) is 0.907. The Labute approximate surface area is 133 Å². The maximum absolute atomic E-state index is 10.5. The van der Waals surface area contributed by atoms with Gasteiger partial charge in [0.2, 0.25) is 0 Å². The van der Waals surface area contributed by atoms with E-state index in [9.17, 15) is 5.11 Å². The Balaban J connectivity index is 1.77. The molecule has 22 heavy (non-hydrogen) atoms. The highest BCUT2D eigenvalue weighted by Crippen LogP contribution is 2.35. The highest BCUT2D eigenvalue weighted by atomic mass is 16.5. The normalized spacial score (nSPS) is 30.6. The molecule has 0 spiro atoms. The third-order valence-corrected chi connectivity index (χ3v) is 4.96. The van der Waals surface area contributed by atoms with Crippen molar-refractivity contribution in [3.05, 3.63) is 23.8 Å². The summed E-state index contributed by atoms with van der Waals surface area (Å²) in [5.74, 6) is 2.04. The monoisotopic (exact) mass is 305 g/mol. The molecule has 0 amide bonds. The third-order valence-electron chi connectivity index (χ3n) is 4.96. The number of methoxy groups -OCH3 is 1. The molecule has 4 heteroatoms. The number of nitrogens with zero attached hydrogens (tertiary/aromatic N) is 1. The largest absolute Gasteiger partial charge is 0.493 e. The van der Waals surface area contributed by atoms with Crippen molar-refractivity contribution in [1.82, 2.24) is 4.90 Å². The molecule has 3 saturated heterocycles. The lowest BCUT2D eigenvalue weighted by Crippen LogP contribution is -2.58. The lowest BCUT2D eigenvalue weighted by molar-refractivity contribution is -0.0715. The van der Waals surface area contributed by atoms with Gasteiger partial charge in [0.05, 0.1) is 19.3 Å². The molecule has 3 aliphatic rings. The summed E-state index contributed by atoms with van der Waals surface area (Å²) in [5, 5.41) is 10.5. The highest BCUT2D eigenvalue weighted by molar-refractivity contribution is 5.43. The Morgan fingerprint density at radius 2 is 1.95 bits per heavy atom. The minimum atomic E-state index is -0.195. The smallest absolute Gasteiger partial charge is 0.161 e. The first-order valence-corrected chi connectivity index (χ1v) is 8.34. The minimum absolute atomic E-state index is 0.115. The van der Waals surface area contributed by atoms with Gasteiger partial charge in [0.15, 0.2) is 11.5 Å². The van der Waals surface area contributed by atoms with E-state index in [1.807, 2.05) is 19.9 Å². The van der Waals surface area contributed by atoms with Crippen molar-refractivity contribution >= 4 is 0 Å². The van der Waals surface area contributed by atoms with Crippen LogP contribution in [0.15, 0.2) is 18.2 Å². The Morgan fingerprint density at radius 3 is 2.55 bits per heavy atom. The van der Waals surface area contributed by atoms with Crippen LogP contribution in [0.4, 0.5) is 0 Å². The van der Waals surface area contributed by atoms with Crippen LogP contribution in [-0.4, -0.2) is 48.5 Å². The fraction of sp³-hybridized carbons (Fsp3) is 0.667. The van der Waals surface area contributed by atoms with Crippen LogP contribution in [0.5, 0.6) is 11.5 Å². The predicted molar refractivity (Wildman–Crippen MR) is 86.6 cm³/mol. The zero-order chi connectivity index (χ0) is 15.7. The van der Waals surface area contributed by atoms with E-state index in [2.05, 4.69) is 17.0 Å². The van der Waals surface area contributed by atoms with Gasteiger partial charge in [-0.05, 0) is 69.8 Å². The molecule has 3 fully saturated rings. The van der Waals surface area contributed by atoms with Gasteiger partial charge in [-0.25, -0.2) is 0 Å². The van der Waals surface area contributed by atoms with E-state index in [-0.39, 0.29) is 18.2 Å². The van der Waals surface area contributed by atoms with E-state index >= 15 is 0 Å². The van der Waals surface area contributed by atoms with Gasteiger partial charge in [0, 0.05) is 6.04 Å². The summed E-state index contributed by atoms with van der Waals surface area (Å²) in [4.78, 5) is 2.44. The molecule has 0 radical (unpaired) electrons. The van der Waals surface area contributed by atoms with Gasteiger partial charge < -0.3 is 14.6 Å². The molecule has 3 heterocycles. The van der Waals surface area contributed by atoms with Gasteiger partial charge in [0.25, 0.3) is 0 Å². The van der Waals surface area contributed by atoms with Crippen LogP contribution in [0, 0.1) is 5.92 Å². The average Bonchev–Trinajstić information content (AvgIpc) is 2.51. The second-order valence-corrected chi connectivity index (χ2v) is 6.79. The van der Waals surface area contributed by atoms with E-state index in [0.29, 0.717) is 5.92 Å². The number of piperidine rings is 3. The van der Waals surface area contributed by atoms with E-state index < -0.39 is 0 Å². The molecule has 4 rings (SSSR count). The molecular formula is C18H27NO3. The van der Waals surface area contributed by atoms with Crippen molar-refractivity contribution in [2.75, 3.05) is 20.2 Å². The van der Waals surface area contributed by atoms with Crippen LogP contribution in [0.25, 0.3) is 0 Å². The first kappa shape index (κ1) is 15.6. The standard InChI is InChI=1S/C18H27NO3/c1-12(2)22-17-11-13(4-5-16(17)21-3)10-15-18(20)14-6-8-19(15)9-7-14/h4-5,11-12,14-15,18,20H,6-10H2,1-3H3. The van der Waals surface area contributed by atoms with E-state index in [4.69, 9.17) is 9.47 Å². The summed E-state index contributed by atoms with van der Waals surface area (Å²) >= 11 is 0. The molecule has 0 saturated carbocycles. The molecule has 122 valence electrons. The number of aliphatic hydroxyl groups is 1. The molecule has 1 aromatic carbocycles. The first-order chi connectivity index (χ1) is 10.6. The number of ether oxygens (including phenoxy) is 2. The van der Waals surface area contributed by atoms with E-state index in [0.717, 1.165) is 43.9 Å². The van der Waals surface area contributed by atoms with Crippen molar-refractivity contribution < 1.29 is 14.6 Å². The van der Waals surface area contributed by atoms with Crippen LogP contribution in [0.3, 0.4) is 0 Å². The number of aliphatic hydroxyl groups excluding tert-OH is 1. The maximum atomic E-state index is 10.5. The second-order valence-electron chi connectivity index (χ2n) is 6.79. The second kappa shape index (κ2) is 6.47. The third kappa shape index (κ3) is 3.08. The Bertz CT molecular complexity index is 507. The lowest BCUT2D eigenvalue weighted by atomic mass is 9.78. The first-order valence-electron chi connectivity index (χ1n) is 8.34. The minimum Gasteiger partial charge on any atom is -0.493 e. The van der Waals surface area contributed by atoms with Crippen LogP contribution < -0.4 is 9.47 Å². The topological polar surface area (TPSA) is 41.9 Å². The number of fused-ring (bicyclic) bond motifs is 3. The number of benzene rings is 1. The highest BCUT2D eigenvalue weighted by Gasteiger charge is 2.40. The van der Waals surface area contributed by atoms with Crippen LogP contribution in [0.2, 0.25) is 0 Å². The molecule has 1 N–H and O–H groups in total. The van der Waals surface area contributed by atoms with Crippen molar-refractivity contribution in [1.29, 1.82) is 0 Å². The summed E-state index contributed by atoms with van der Waals surface area (Å²) in [6.07, 6.45) is 3.07. The Morgan fingerprint density at radius 1 is 1.23 bits per heavy atom. The molecule has 2 unspecified atom stereocenters. The Hall–Kier alpha value is -1.26. The zero-order valence-electron chi connectivity index (χ0n) is 13.8. The fourth-order valence-electron chi connectivity index (χ4n) is 3.81. The van der Waals surface area contributed by atoms with Gasteiger partial charge >= 0.3 is 0 Å². The van der Waals surface area contributed by atoms with Crippen LogP contribution in [0.1, 0.15) is 32.3 Å². The number of hydrogen-bond acceptors (Lipinski definition) is 4. The predicted octanol–water partition coefficient (Wildman–Crippen LogP) is 2.48. The summed E-state index contributed by atoms with van der Waals surface area (Å²) in [5.41, 5.74) is 1.20. The van der Waals surface area contributed by atoms with Crippen molar-refractivity contribution in [3.63, 3.8) is 0 Å². The molecular weight excluding hydrogens is 278 g/mol. The van der Waals surface area contributed by atoms with Gasteiger partial charge in [-0.1, -0.05) is 6.07 Å². The van der Waals surface area contributed by atoms with E-state index in [1.165, 1.54) is 5.56 Å². The summed E-state index contributed by atoms with van der Waals surface area (Å²) < 4.78 is 11.2. The zero-order valence-corrected chi connectivity index (χ0v) is 13.8. The van der Waals surface area contributed by atoms with Crippen LogP contribution >= 0.6 is 0 Å². The number of hydrogen-bond donors (Lipinski definition) is 1. The average molecular weight is 305 g/mol. The summed E-state index contributed by atoms with van der Waals surface area (Å²) in [6, 6.07) is 6.36. The van der Waals surface area contributed by atoms with Gasteiger partial charge in [-0.2, -0.15) is 0 Å². The molecule has 0 aromatic heterocycles. The summed E-state index contributed by atoms with van der Waals surface area (Å²) in [7, 11) is 1.66. The molecule has 2 bridgehead atoms. The van der Waals surface area contributed by atoms with Gasteiger partial charge in [-0.3, -0.25) is 4.90 Å². The van der Waals surface area contributed by atoms with Gasteiger partial charge in [-0.15, -0.1) is 0 Å². The summed E-state index contributed by atoms with van der Waals surface area (Å²) in [6.45, 7) is 6.28. The molecule has 3 aliphatic heterocycles. The fourth-order valence-corrected chi connectivity index (χ4v) is 3.81. The van der Waals surface area contributed by atoms with Crippen molar-refractivity contribution in [3.8, 4) is 11.5 Å². The molecule has 4 nitrogen and oxygen atoms in total. The van der Waals surface area contributed by atoms with Crippen molar-refractivity contribution in [2.45, 2.75) is 51.4 Å². The molecule has 1 aromatic rings. The Kier molecular flexibility index (Phi) is 4.59. The SMILES string of the molecule is COc1ccc(CC2C(O)C3CCN2CC3)cc1OC(C)C. The maximum Gasteiger partial charge on any atom is 0.161 e. The van der Waals surface area contributed by atoms with Gasteiger partial charge in [0.1, 0.15) is 0 Å². The molecule has 2 atom stereocenters. The van der Waals surface area contributed by atoms with E-state index in [1.54, 1.807) is 7.11 Å². The number of rotatable bonds is 5. The van der Waals surface area contributed by atoms with Crippen LogP contribution in [-0.2, 0) is 6.42 Å². The molecule has 0 aliphatic carbocycles.